The Labute approximate surface area is 94.8 Å². The van der Waals surface area contributed by atoms with Gasteiger partial charge in [0.05, 0.1) is 19.8 Å². The van der Waals surface area contributed by atoms with E-state index in [9.17, 15) is 4.79 Å². The Kier molecular flexibility index (Phi) is 4.79. The van der Waals surface area contributed by atoms with Gasteiger partial charge in [-0.3, -0.25) is 0 Å². The monoisotopic (exact) mass is 224 g/mol. The average molecular weight is 224 g/mol. The number of hydrogen-bond acceptors (Lipinski definition) is 4. The standard InChI is InChI=1S/C12H16O4/c1-15-11-6-5-10(12(14)16-2)8-9(11)4-3-7-13/h5-6,8,13H,3-4,7H2,1-2H3. The van der Waals surface area contributed by atoms with Gasteiger partial charge in [-0.25, -0.2) is 4.79 Å². The number of benzene rings is 1. The van der Waals surface area contributed by atoms with Crippen molar-refractivity contribution in [3.63, 3.8) is 0 Å². The SMILES string of the molecule is COC(=O)c1ccc(OC)c(CCCO)c1. The number of aryl methyl sites for hydroxylation is 1. The molecule has 0 spiro atoms. The highest BCUT2D eigenvalue weighted by atomic mass is 16.5. The minimum absolute atomic E-state index is 0.117. The number of carbonyl (C=O) groups is 1. The molecule has 0 saturated carbocycles. The molecule has 4 heteroatoms. The summed E-state index contributed by atoms with van der Waals surface area (Å²) in [5, 5.41) is 8.78. The van der Waals surface area contributed by atoms with E-state index in [0.29, 0.717) is 18.4 Å². The molecule has 1 N–H and O–H groups in total. The Morgan fingerprint density at radius 1 is 1.38 bits per heavy atom. The molecule has 0 aliphatic carbocycles. The van der Waals surface area contributed by atoms with Crippen LogP contribution in [-0.2, 0) is 11.2 Å². The van der Waals surface area contributed by atoms with Crippen molar-refractivity contribution in [3.8, 4) is 5.75 Å². The first-order valence-corrected chi connectivity index (χ1v) is 5.09. The van der Waals surface area contributed by atoms with Crippen LogP contribution in [0.25, 0.3) is 0 Å². The first-order valence-electron chi connectivity index (χ1n) is 5.09. The Hall–Kier alpha value is -1.55. The molecule has 0 unspecified atom stereocenters. The van der Waals surface area contributed by atoms with E-state index in [4.69, 9.17) is 9.84 Å². The van der Waals surface area contributed by atoms with Gasteiger partial charge in [0.1, 0.15) is 5.75 Å². The molecule has 1 aromatic carbocycles. The normalized spacial score (nSPS) is 9.94. The third kappa shape index (κ3) is 2.97. The molecule has 0 aliphatic rings. The third-order valence-electron chi connectivity index (χ3n) is 2.31. The van der Waals surface area contributed by atoms with Crippen molar-refractivity contribution in [1.82, 2.24) is 0 Å². The van der Waals surface area contributed by atoms with Crippen LogP contribution in [0.15, 0.2) is 18.2 Å². The lowest BCUT2D eigenvalue weighted by atomic mass is 10.1. The van der Waals surface area contributed by atoms with Crippen LogP contribution < -0.4 is 4.74 Å². The van der Waals surface area contributed by atoms with Gasteiger partial charge in [-0.2, -0.15) is 0 Å². The summed E-state index contributed by atoms with van der Waals surface area (Å²) < 4.78 is 9.82. The molecular formula is C12H16O4. The van der Waals surface area contributed by atoms with Crippen molar-refractivity contribution in [2.45, 2.75) is 12.8 Å². The second-order valence-corrected chi connectivity index (χ2v) is 3.35. The molecule has 0 aliphatic heterocycles. The lowest BCUT2D eigenvalue weighted by Gasteiger charge is -2.09. The lowest BCUT2D eigenvalue weighted by Crippen LogP contribution is -2.03. The fourth-order valence-electron chi connectivity index (χ4n) is 1.49. The van der Waals surface area contributed by atoms with E-state index in [1.165, 1.54) is 7.11 Å². The smallest absolute Gasteiger partial charge is 0.337 e. The summed E-state index contributed by atoms with van der Waals surface area (Å²) >= 11 is 0. The van der Waals surface area contributed by atoms with E-state index >= 15 is 0 Å². The molecule has 1 rings (SSSR count). The molecule has 88 valence electrons. The van der Waals surface area contributed by atoms with Gasteiger partial charge in [0, 0.05) is 6.61 Å². The number of aliphatic hydroxyl groups is 1. The number of rotatable bonds is 5. The van der Waals surface area contributed by atoms with Gasteiger partial charge in [-0.15, -0.1) is 0 Å². The summed E-state index contributed by atoms with van der Waals surface area (Å²) in [7, 11) is 2.93. The van der Waals surface area contributed by atoms with E-state index in [0.717, 1.165) is 11.3 Å². The maximum Gasteiger partial charge on any atom is 0.337 e. The number of hydrogen-bond donors (Lipinski definition) is 1. The van der Waals surface area contributed by atoms with Crippen LogP contribution in [0.5, 0.6) is 5.75 Å². The molecule has 0 atom stereocenters. The molecule has 4 nitrogen and oxygen atoms in total. The molecule has 0 amide bonds. The highest BCUT2D eigenvalue weighted by Gasteiger charge is 2.09. The zero-order valence-electron chi connectivity index (χ0n) is 9.53. The molecule has 0 saturated heterocycles. The first-order chi connectivity index (χ1) is 7.72. The van der Waals surface area contributed by atoms with Crippen LogP contribution in [0, 0.1) is 0 Å². The second kappa shape index (κ2) is 6.12. The minimum atomic E-state index is -0.368. The molecule has 0 aromatic heterocycles. The quantitative estimate of drug-likeness (QED) is 0.768. The predicted molar refractivity (Wildman–Crippen MR) is 59.7 cm³/mol. The first kappa shape index (κ1) is 12.5. The van der Waals surface area contributed by atoms with Crippen LogP contribution in [0.1, 0.15) is 22.3 Å². The van der Waals surface area contributed by atoms with Crippen molar-refractivity contribution in [1.29, 1.82) is 0 Å². The Bertz CT molecular complexity index is 360. The van der Waals surface area contributed by atoms with Crippen molar-refractivity contribution in [3.05, 3.63) is 29.3 Å². The molecule has 1 aromatic rings. The summed E-state index contributed by atoms with van der Waals surface area (Å²) in [6.45, 7) is 0.117. The average Bonchev–Trinajstić information content (AvgIpc) is 2.34. The predicted octanol–water partition coefficient (Wildman–Crippen LogP) is 1.41. The lowest BCUT2D eigenvalue weighted by molar-refractivity contribution is 0.0600. The van der Waals surface area contributed by atoms with Gasteiger partial charge in [0.2, 0.25) is 0 Å². The van der Waals surface area contributed by atoms with Crippen LogP contribution >= 0.6 is 0 Å². The van der Waals surface area contributed by atoms with Crippen LogP contribution in [0.3, 0.4) is 0 Å². The summed E-state index contributed by atoms with van der Waals surface area (Å²) in [6, 6.07) is 5.13. The van der Waals surface area contributed by atoms with E-state index in [1.54, 1.807) is 25.3 Å². The third-order valence-corrected chi connectivity index (χ3v) is 2.31. The fraction of sp³-hybridized carbons (Fsp3) is 0.417. The largest absolute Gasteiger partial charge is 0.496 e. The summed E-state index contributed by atoms with van der Waals surface area (Å²) in [4.78, 5) is 11.3. The van der Waals surface area contributed by atoms with Gasteiger partial charge in [0.25, 0.3) is 0 Å². The van der Waals surface area contributed by atoms with Crippen LogP contribution in [-0.4, -0.2) is 31.9 Å². The van der Waals surface area contributed by atoms with Crippen LogP contribution in [0.4, 0.5) is 0 Å². The summed E-state index contributed by atoms with van der Waals surface area (Å²) in [5.74, 6) is 0.356. The summed E-state index contributed by atoms with van der Waals surface area (Å²) in [5.41, 5.74) is 1.40. The second-order valence-electron chi connectivity index (χ2n) is 3.35. The van der Waals surface area contributed by atoms with Crippen molar-refractivity contribution in [2.24, 2.45) is 0 Å². The zero-order chi connectivity index (χ0) is 12.0. The Morgan fingerprint density at radius 2 is 2.12 bits per heavy atom. The molecule has 0 radical (unpaired) electrons. The van der Waals surface area contributed by atoms with Crippen molar-refractivity contribution in [2.75, 3.05) is 20.8 Å². The Balaban J connectivity index is 2.96. The number of esters is 1. The topological polar surface area (TPSA) is 55.8 Å². The van der Waals surface area contributed by atoms with Crippen LogP contribution in [0.2, 0.25) is 0 Å². The maximum atomic E-state index is 11.3. The molecular weight excluding hydrogens is 208 g/mol. The van der Waals surface area contributed by atoms with E-state index in [-0.39, 0.29) is 12.6 Å². The van der Waals surface area contributed by atoms with E-state index < -0.39 is 0 Å². The highest BCUT2D eigenvalue weighted by Crippen LogP contribution is 2.21. The number of methoxy groups -OCH3 is 2. The number of aliphatic hydroxyl groups excluding tert-OH is 1. The van der Waals surface area contributed by atoms with Gasteiger partial charge in [-0.1, -0.05) is 0 Å². The summed E-state index contributed by atoms with van der Waals surface area (Å²) in [6.07, 6.45) is 1.31. The highest BCUT2D eigenvalue weighted by molar-refractivity contribution is 5.89. The molecule has 0 heterocycles. The minimum Gasteiger partial charge on any atom is -0.496 e. The van der Waals surface area contributed by atoms with E-state index in [1.807, 2.05) is 0 Å². The molecule has 16 heavy (non-hydrogen) atoms. The number of ether oxygens (including phenoxy) is 2. The van der Waals surface area contributed by atoms with Gasteiger partial charge in [-0.05, 0) is 36.6 Å². The van der Waals surface area contributed by atoms with Gasteiger partial charge in [0.15, 0.2) is 0 Å². The number of carbonyl (C=O) groups excluding carboxylic acids is 1. The molecule has 0 fully saturated rings. The van der Waals surface area contributed by atoms with Crippen molar-refractivity contribution >= 4 is 5.97 Å². The fourth-order valence-corrected chi connectivity index (χ4v) is 1.49. The Morgan fingerprint density at radius 3 is 2.69 bits per heavy atom. The molecule has 0 bridgehead atoms. The van der Waals surface area contributed by atoms with Gasteiger partial charge >= 0.3 is 5.97 Å². The zero-order valence-corrected chi connectivity index (χ0v) is 9.53. The van der Waals surface area contributed by atoms with Gasteiger partial charge < -0.3 is 14.6 Å². The van der Waals surface area contributed by atoms with Crippen molar-refractivity contribution < 1.29 is 19.4 Å². The maximum absolute atomic E-state index is 11.3. The van der Waals surface area contributed by atoms with E-state index in [2.05, 4.69) is 4.74 Å².